The predicted octanol–water partition coefficient (Wildman–Crippen LogP) is 5.44. The molecule has 0 aliphatic carbocycles. The van der Waals surface area contributed by atoms with Crippen molar-refractivity contribution >= 4 is 17.4 Å². The van der Waals surface area contributed by atoms with Gasteiger partial charge in [-0.3, -0.25) is 0 Å². The van der Waals surface area contributed by atoms with Gasteiger partial charge in [-0.1, -0.05) is 36.4 Å². The molecule has 3 nitrogen and oxygen atoms in total. The zero-order valence-electron chi connectivity index (χ0n) is 16.1. The van der Waals surface area contributed by atoms with Gasteiger partial charge >= 0.3 is 0 Å². The van der Waals surface area contributed by atoms with Crippen molar-refractivity contribution in [1.82, 2.24) is 0 Å². The zero-order chi connectivity index (χ0) is 20.1. The minimum atomic E-state index is -0.180. The Kier molecular flexibility index (Phi) is 6.37. The van der Waals surface area contributed by atoms with E-state index in [9.17, 15) is 4.39 Å². The summed E-state index contributed by atoms with van der Waals surface area (Å²) in [7, 11) is 0. The molecule has 1 heterocycles. The minimum absolute atomic E-state index is 0.0104. The first kappa shape index (κ1) is 19.8. The number of thioether (sulfide) groups is 1. The van der Waals surface area contributed by atoms with Crippen molar-refractivity contribution in [2.45, 2.75) is 23.1 Å². The molecule has 5 heteroatoms. The first-order valence-corrected chi connectivity index (χ1v) is 10.7. The Bertz CT molecular complexity index is 948. The highest BCUT2D eigenvalue weighted by Gasteiger charge is 2.23. The van der Waals surface area contributed by atoms with E-state index in [1.165, 1.54) is 22.2 Å². The van der Waals surface area contributed by atoms with Crippen LogP contribution in [0.4, 0.5) is 10.1 Å². The van der Waals surface area contributed by atoms with Crippen LogP contribution in [0.1, 0.15) is 22.8 Å². The second-order valence-electron chi connectivity index (χ2n) is 7.06. The molecule has 150 valence electrons. The fourth-order valence-electron chi connectivity index (χ4n) is 3.60. The van der Waals surface area contributed by atoms with Crippen LogP contribution in [-0.2, 0) is 6.54 Å². The number of halogens is 1. The van der Waals surface area contributed by atoms with Crippen molar-refractivity contribution in [3.05, 3.63) is 89.7 Å². The summed E-state index contributed by atoms with van der Waals surface area (Å²) in [4.78, 5) is 3.62. The Balaban J connectivity index is 1.54. The van der Waals surface area contributed by atoms with Crippen molar-refractivity contribution in [1.29, 1.82) is 0 Å². The molecule has 3 aromatic carbocycles. The maximum atomic E-state index is 13.8. The van der Waals surface area contributed by atoms with Crippen LogP contribution >= 0.6 is 11.8 Å². The summed E-state index contributed by atoms with van der Waals surface area (Å²) in [5.74, 6) is 0.585. The second kappa shape index (κ2) is 9.33. The molecule has 0 saturated carbocycles. The lowest BCUT2D eigenvalue weighted by atomic mass is 10.1. The van der Waals surface area contributed by atoms with Gasteiger partial charge in [0, 0.05) is 23.2 Å². The Labute approximate surface area is 175 Å². The average Bonchev–Trinajstić information content (AvgIpc) is 2.93. The third kappa shape index (κ3) is 4.92. The molecule has 0 saturated heterocycles. The molecule has 1 N–H and O–H groups in total. The Morgan fingerprint density at radius 1 is 1.03 bits per heavy atom. The highest BCUT2D eigenvalue weighted by Crippen LogP contribution is 2.45. The van der Waals surface area contributed by atoms with Crippen molar-refractivity contribution in [2.75, 3.05) is 24.7 Å². The van der Waals surface area contributed by atoms with Gasteiger partial charge in [0.1, 0.15) is 18.2 Å². The van der Waals surface area contributed by atoms with E-state index < -0.39 is 0 Å². The van der Waals surface area contributed by atoms with E-state index in [4.69, 9.17) is 9.84 Å². The van der Waals surface area contributed by atoms with E-state index in [0.29, 0.717) is 6.61 Å². The number of anilines is 1. The van der Waals surface area contributed by atoms with E-state index in [1.54, 1.807) is 12.1 Å². The maximum Gasteiger partial charge on any atom is 0.123 e. The van der Waals surface area contributed by atoms with Crippen molar-refractivity contribution < 1.29 is 14.2 Å². The number of hydrogen-bond donors (Lipinski definition) is 1. The molecule has 29 heavy (non-hydrogen) atoms. The summed E-state index contributed by atoms with van der Waals surface area (Å²) < 4.78 is 19.2. The third-order valence-electron chi connectivity index (χ3n) is 5.01. The lowest BCUT2D eigenvalue weighted by Crippen LogP contribution is -2.23. The summed E-state index contributed by atoms with van der Waals surface area (Å²) in [5, 5.41) is 9.11. The number of ether oxygens (including phenoxy) is 1. The molecule has 0 aromatic heterocycles. The third-order valence-corrected chi connectivity index (χ3v) is 6.41. The minimum Gasteiger partial charge on any atom is -0.491 e. The lowest BCUT2D eigenvalue weighted by Gasteiger charge is -2.25. The van der Waals surface area contributed by atoms with Crippen molar-refractivity contribution in [2.24, 2.45) is 0 Å². The quantitative estimate of drug-likeness (QED) is 0.588. The Morgan fingerprint density at radius 2 is 1.86 bits per heavy atom. The first-order chi connectivity index (χ1) is 14.2. The smallest absolute Gasteiger partial charge is 0.123 e. The molecule has 0 bridgehead atoms. The number of aliphatic hydroxyl groups excluding tert-OH is 1. The van der Waals surface area contributed by atoms with Crippen LogP contribution < -0.4 is 9.64 Å². The van der Waals surface area contributed by atoms with Gasteiger partial charge < -0.3 is 14.7 Å². The number of para-hydroxylation sites is 1. The monoisotopic (exact) mass is 409 g/mol. The molecular weight excluding hydrogens is 385 g/mol. The molecule has 0 radical (unpaired) electrons. The average molecular weight is 410 g/mol. The van der Waals surface area contributed by atoms with Crippen LogP contribution in [0.3, 0.4) is 0 Å². The number of aliphatic hydroxyl groups is 1. The molecule has 0 amide bonds. The van der Waals surface area contributed by atoms with Crippen molar-refractivity contribution in [3.63, 3.8) is 0 Å². The van der Waals surface area contributed by atoms with Crippen LogP contribution in [0, 0.1) is 5.82 Å². The second-order valence-corrected chi connectivity index (χ2v) is 8.30. The fourth-order valence-corrected chi connectivity index (χ4v) is 4.89. The molecule has 1 aliphatic heterocycles. The molecular formula is C24H24FNO2S. The first-order valence-electron chi connectivity index (χ1n) is 9.81. The SMILES string of the molecule is OCCOc1ccc(CN2CC[C@@H](c3cccc(F)c3)Sc3ccccc32)cc1. The zero-order valence-corrected chi connectivity index (χ0v) is 16.9. The number of hydrogen-bond acceptors (Lipinski definition) is 4. The lowest BCUT2D eigenvalue weighted by molar-refractivity contribution is 0.201. The van der Waals surface area contributed by atoms with Crippen LogP contribution in [-0.4, -0.2) is 24.9 Å². The van der Waals surface area contributed by atoms with Gasteiger partial charge in [-0.15, -0.1) is 11.8 Å². The van der Waals surface area contributed by atoms with Gasteiger partial charge in [0.2, 0.25) is 0 Å². The standard InChI is InChI=1S/C24H24FNO2S/c25-20-5-3-4-19(16-20)23-12-13-26(22-6-1-2-7-24(22)29-23)17-18-8-10-21(11-9-18)28-15-14-27/h1-11,16,23,27H,12-15,17H2/t23-/m0/s1. The summed E-state index contributed by atoms with van der Waals surface area (Å²) in [6.07, 6.45) is 0.945. The van der Waals surface area contributed by atoms with E-state index in [1.807, 2.05) is 30.0 Å². The summed E-state index contributed by atoms with van der Waals surface area (Å²) in [5.41, 5.74) is 3.46. The van der Waals surface area contributed by atoms with E-state index >= 15 is 0 Å². The molecule has 1 atom stereocenters. The van der Waals surface area contributed by atoms with E-state index in [-0.39, 0.29) is 17.7 Å². The van der Waals surface area contributed by atoms with Gasteiger partial charge in [0.25, 0.3) is 0 Å². The molecule has 1 aliphatic rings. The normalized spacial score (nSPS) is 16.2. The summed E-state index contributed by atoms with van der Waals surface area (Å²) >= 11 is 1.81. The number of benzene rings is 3. The van der Waals surface area contributed by atoms with Gasteiger partial charge in [0.05, 0.1) is 12.3 Å². The van der Waals surface area contributed by atoms with Gasteiger partial charge in [-0.25, -0.2) is 4.39 Å². The molecule has 0 fully saturated rings. The highest BCUT2D eigenvalue weighted by atomic mass is 32.2. The van der Waals surface area contributed by atoms with Crippen LogP contribution in [0.25, 0.3) is 0 Å². The summed E-state index contributed by atoms with van der Waals surface area (Å²) in [6.45, 7) is 2.01. The molecule has 3 aromatic rings. The van der Waals surface area contributed by atoms with Gasteiger partial charge in [-0.05, 0) is 53.9 Å². The van der Waals surface area contributed by atoms with Crippen LogP contribution in [0.15, 0.2) is 77.7 Å². The largest absolute Gasteiger partial charge is 0.491 e. The van der Waals surface area contributed by atoms with Crippen molar-refractivity contribution in [3.8, 4) is 5.75 Å². The van der Waals surface area contributed by atoms with Crippen LogP contribution in [0.5, 0.6) is 5.75 Å². The van der Waals surface area contributed by atoms with Gasteiger partial charge in [-0.2, -0.15) is 0 Å². The Hall–Kier alpha value is -2.50. The van der Waals surface area contributed by atoms with Crippen LogP contribution in [0.2, 0.25) is 0 Å². The molecule has 0 unspecified atom stereocenters. The van der Waals surface area contributed by atoms with Gasteiger partial charge in [0.15, 0.2) is 0 Å². The fraction of sp³-hybridized carbons (Fsp3) is 0.250. The number of fused-ring (bicyclic) bond motifs is 1. The van der Waals surface area contributed by atoms with E-state index in [0.717, 1.165) is 30.8 Å². The molecule has 0 spiro atoms. The number of nitrogens with zero attached hydrogens (tertiary/aromatic N) is 1. The van der Waals surface area contributed by atoms with E-state index in [2.05, 4.69) is 41.3 Å². The topological polar surface area (TPSA) is 32.7 Å². The highest BCUT2D eigenvalue weighted by molar-refractivity contribution is 7.99. The predicted molar refractivity (Wildman–Crippen MR) is 116 cm³/mol. The molecule has 4 rings (SSSR count). The summed E-state index contributed by atoms with van der Waals surface area (Å²) in [6, 6.07) is 23.4. The number of rotatable bonds is 6. The Morgan fingerprint density at radius 3 is 2.66 bits per heavy atom. The maximum absolute atomic E-state index is 13.8.